The van der Waals surface area contributed by atoms with Crippen molar-refractivity contribution in [3.8, 4) is 0 Å². The lowest BCUT2D eigenvalue weighted by Gasteiger charge is -2.41. The first kappa shape index (κ1) is 18.9. The molecule has 0 radical (unpaired) electrons. The second-order valence-corrected chi connectivity index (χ2v) is 9.26. The molecule has 1 aromatic heterocycles. The zero-order valence-corrected chi connectivity index (χ0v) is 17.7. The molecule has 3 aliphatic heterocycles. The Kier molecular flexibility index (Phi) is 4.17. The van der Waals surface area contributed by atoms with Crippen molar-refractivity contribution in [3.63, 3.8) is 0 Å². The molecule has 6 rings (SSSR count). The van der Waals surface area contributed by atoms with E-state index in [1.165, 1.54) is 10.9 Å². The van der Waals surface area contributed by atoms with E-state index in [2.05, 4.69) is 34.6 Å². The van der Waals surface area contributed by atoms with Gasteiger partial charge in [-0.2, -0.15) is 0 Å². The molecule has 6 heteroatoms. The average Bonchev–Trinajstić information content (AvgIpc) is 3.27. The minimum atomic E-state index is -0.509. The van der Waals surface area contributed by atoms with Gasteiger partial charge in [-0.3, -0.25) is 9.69 Å². The summed E-state index contributed by atoms with van der Waals surface area (Å²) in [6, 6.07) is 16.0. The number of fused-ring (bicyclic) bond motifs is 2. The van der Waals surface area contributed by atoms with E-state index in [1.807, 2.05) is 36.4 Å². The van der Waals surface area contributed by atoms with Gasteiger partial charge in [0.05, 0.1) is 17.8 Å². The van der Waals surface area contributed by atoms with Gasteiger partial charge >= 0.3 is 0 Å². The summed E-state index contributed by atoms with van der Waals surface area (Å²) in [7, 11) is 0. The Balaban J connectivity index is 1.15. The summed E-state index contributed by atoms with van der Waals surface area (Å²) in [5.74, 6) is 0.986. The largest absolute Gasteiger partial charge is 0.461 e. The fraction of sp³-hybridized carbons (Fsp3) is 0.400. The van der Waals surface area contributed by atoms with Gasteiger partial charge in [0.25, 0.3) is 5.91 Å². The lowest BCUT2D eigenvalue weighted by molar-refractivity contribution is -0.0452. The van der Waals surface area contributed by atoms with E-state index in [4.69, 9.17) is 9.15 Å². The minimum Gasteiger partial charge on any atom is -0.461 e. The van der Waals surface area contributed by atoms with E-state index in [0.717, 1.165) is 55.9 Å². The number of aryl methyl sites for hydroxylation is 1. The zero-order chi connectivity index (χ0) is 21.1. The van der Waals surface area contributed by atoms with E-state index >= 15 is 0 Å². The molecule has 3 aromatic rings. The molecule has 2 spiro atoms. The Bertz CT molecular complexity index is 1160. The molecule has 31 heavy (non-hydrogen) atoms. The number of anilines is 1. The number of benzene rings is 2. The Labute approximate surface area is 181 Å². The highest BCUT2D eigenvalue weighted by Crippen LogP contribution is 2.43. The Hall–Kier alpha value is -2.83. The van der Waals surface area contributed by atoms with Gasteiger partial charge in [0.2, 0.25) is 0 Å². The quantitative estimate of drug-likeness (QED) is 0.659. The summed E-state index contributed by atoms with van der Waals surface area (Å²) in [6.07, 6.45) is 2.72. The van der Waals surface area contributed by atoms with Crippen molar-refractivity contribution in [3.05, 3.63) is 65.4 Å². The van der Waals surface area contributed by atoms with Crippen LogP contribution in [0.3, 0.4) is 0 Å². The van der Waals surface area contributed by atoms with Crippen LogP contribution < -0.4 is 10.6 Å². The smallest absolute Gasteiger partial charge is 0.255 e. The fourth-order valence-electron chi connectivity index (χ4n) is 5.53. The van der Waals surface area contributed by atoms with Crippen molar-refractivity contribution >= 4 is 22.6 Å². The summed E-state index contributed by atoms with van der Waals surface area (Å²) in [6.45, 7) is 5.39. The topological polar surface area (TPSA) is 66.7 Å². The highest BCUT2D eigenvalue weighted by atomic mass is 16.5. The van der Waals surface area contributed by atoms with Crippen molar-refractivity contribution in [2.75, 3.05) is 25.0 Å². The average molecular weight is 418 g/mol. The van der Waals surface area contributed by atoms with E-state index in [1.54, 1.807) is 0 Å². The number of para-hydroxylation sites is 2. The second kappa shape index (κ2) is 6.84. The van der Waals surface area contributed by atoms with Gasteiger partial charge in [0, 0.05) is 42.7 Å². The number of likely N-dealkylation sites (tertiary alicyclic amines) is 1. The number of piperidine rings is 1. The van der Waals surface area contributed by atoms with E-state index in [-0.39, 0.29) is 11.5 Å². The van der Waals surface area contributed by atoms with Crippen LogP contribution in [0.1, 0.15) is 40.9 Å². The number of hydrogen-bond acceptors (Lipinski definition) is 5. The van der Waals surface area contributed by atoms with Crippen molar-refractivity contribution in [2.45, 2.75) is 44.0 Å². The van der Waals surface area contributed by atoms with Crippen LogP contribution >= 0.6 is 0 Å². The molecule has 1 amide bonds. The zero-order valence-electron chi connectivity index (χ0n) is 17.7. The number of nitrogens with one attached hydrogen (secondary N) is 2. The van der Waals surface area contributed by atoms with E-state index in [0.29, 0.717) is 12.2 Å². The summed E-state index contributed by atoms with van der Waals surface area (Å²) in [5.41, 5.74) is 3.15. The van der Waals surface area contributed by atoms with E-state index in [9.17, 15) is 4.79 Å². The molecule has 1 atom stereocenters. The number of amides is 1. The van der Waals surface area contributed by atoms with Gasteiger partial charge in [-0.05, 0) is 38.0 Å². The first-order valence-corrected chi connectivity index (χ1v) is 11.1. The van der Waals surface area contributed by atoms with Crippen LogP contribution in [-0.2, 0) is 11.3 Å². The number of hydrogen-bond donors (Lipinski definition) is 2. The second-order valence-electron chi connectivity index (χ2n) is 9.26. The summed E-state index contributed by atoms with van der Waals surface area (Å²) < 4.78 is 12.3. The molecule has 2 fully saturated rings. The van der Waals surface area contributed by atoms with Crippen molar-refractivity contribution in [1.82, 2.24) is 10.2 Å². The molecule has 3 aliphatic rings. The normalized spacial score (nSPS) is 25.0. The maximum Gasteiger partial charge on any atom is 0.255 e. The maximum absolute atomic E-state index is 12.7. The number of carbonyl (C=O) groups excluding carboxylic acids is 1. The molecule has 1 unspecified atom stereocenters. The van der Waals surface area contributed by atoms with Gasteiger partial charge in [-0.25, -0.2) is 0 Å². The van der Waals surface area contributed by atoms with Crippen LogP contribution in [0, 0.1) is 6.92 Å². The molecule has 0 saturated carbocycles. The summed E-state index contributed by atoms with van der Waals surface area (Å²) in [5, 5.41) is 7.97. The van der Waals surface area contributed by atoms with Crippen LogP contribution in [0.2, 0.25) is 0 Å². The molecule has 0 bridgehead atoms. The van der Waals surface area contributed by atoms with Crippen molar-refractivity contribution in [2.24, 2.45) is 0 Å². The molecule has 0 aliphatic carbocycles. The van der Waals surface area contributed by atoms with Gasteiger partial charge < -0.3 is 19.8 Å². The van der Waals surface area contributed by atoms with Crippen LogP contribution in [0.25, 0.3) is 11.0 Å². The van der Waals surface area contributed by atoms with Crippen LogP contribution in [-0.4, -0.2) is 41.8 Å². The first-order valence-electron chi connectivity index (χ1n) is 11.1. The van der Waals surface area contributed by atoms with Gasteiger partial charge in [-0.15, -0.1) is 0 Å². The van der Waals surface area contributed by atoms with Gasteiger partial charge in [0.1, 0.15) is 17.0 Å². The van der Waals surface area contributed by atoms with Gasteiger partial charge in [-0.1, -0.05) is 30.3 Å². The van der Waals surface area contributed by atoms with Crippen LogP contribution in [0.4, 0.5) is 5.69 Å². The molecule has 160 valence electrons. The van der Waals surface area contributed by atoms with Crippen LogP contribution in [0.5, 0.6) is 0 Å². The van der Waals surface area contributed by atoms with E-state index < -0.39 is 5.66 Å². The Morgan fingerprint density at radius 3 is 2.68 bits per heavy atom. The highest BCUT2D eigenvalue weighted by molar-refractivity contribution is 6.02. The van der Waals surface area contributed by atoms with Crippen LogP contribution in [0.15, 0.2) is 52.9 Å². The predicted molar refractivity (Wildman–Crippen MR) is 119 cm³/mol. The monoisotopic (exact) mass is 417 g/mol. The molecule has 2 saturated heterocycles. The number of rotatable bonds is 2. The third-order valence-electron chi connectivity index (χ3n) is 7.20. The molecular weight excluding hydrogens is 390 g/mol. The number of ether oxygens (including phenoxy) is 1. The highest BCUT2D eigenvalue weighted by Gasteiger charge is 2.53. The Morgan fingerprint density at radius 1 is 1.03 bits per heavy atom. The lowest BCUT2D eigenvalue weighted by Crippen LogP contribution is -2.59. The standard InChI is InChI=1S/C25H27N3O3/c1-17-20(18-6-3-5-9-22(18)31-17)14-28-12-10-24(11-13-28)15-25(16-30-24)26-21-8-4-2-7-19(21)23(29)27-25/h2-9,26H,10-16H2,1H3,(H,27,29). The number of nitrogens with zero attached hydrogens (tertiary/aromatic N) is 1. The molecule has 2 N–H and O–H groups in total. The molecule has 4 heterocycles. The molecule has 2 aromatic carbocycles. The third kappa shape index (κ3) is 3.13. The van der Waals surface area contributed by atoms with Gasteiger partial charge in [0.15, 0.2) is 0 Å². The lowest BCUT2D eigenvalue weighted by atomic mass is 9.84. The summed E-state index contributed by atoms with van der Waals surface area (Å²) in [4.78, 5) is 15.2. The predicted octanol–water partition coefficient (Wildman–Crippen LogP) is 4.05. The van der Waals surface area contributed by atoms with Crippen molar-refractivity contribution < 1.29 is 13.9 Å². The molecular formula is C25H27N3O3. The molecule has 6 nitrogen and oxygen atoms in total. The minimum absolute atomic E-state index is 0.0188. The first-order chi connectivity index (χ1) is 15.0. The number of furan rings is 1. The maximum atomic E-state index is 12.7. The SMILES string of the molecule is Cc1oc2ccccc2c1CN1CCC2(CC1)CC1(CO2)NC(=O)c2ccccc2N1. The van der Waals surface area contributed by atoms with Crippen molar-refractivity contribution in [1.29, 1.82) is 0 Å². The summed E-state index contributed by atoms with van der Waals surface area (Å²) >= 11 is 0. The third-order valence-corrected chi connectivity index (χ3v) is 7.20. The number of carbonyl (C=O) groups is 1. The Morgan fingerprint density at radius 2 is 1.81 bits per heavy atom. The fourth-order valence-corrected chi connectivity index (χ4v) is 5.53.